The molecule has 0 amide bonds. The molecule has 1 aliphatic heterocycles. The molecule has 3 nitrogen and oxygen atoms in total. The lowest BCUT2D eigenvalue weighted by Gasteiger charge is -2.30. The third-order valence-corrected chi connectivity index (χ3v) is 2.67. The SMILES string of the molecule is NC1CCCN(CCCCCO)C1. The normalized spacial score (nSPS) is 24.9. The average Bonchev–Trinajstić information content (AvgIpc) is 2.13. The van der Waals surface area contributed by atoms with E-state index in [0.717, 1.165) is 25.9 Å². The first-order valence-electron chi connectivity index (χ1n) is 5.41. The molecule has 0 aromatic heterocycles. The third-order valence-electron chi connectivity index (χ3n) is 2.67. The Labute approximate surface area is 80.9 Å². The zero-order valence-corrected chi connectivity index (χ0v) is 8.41. The highest BCUT2D eigenvalue weighted by atomic mass is 16.2. The molecule has 0 spiro atoms. The first-order chi connectivity index (χ1) is 6.33. The molecule has 0 saturated carbocycles. The lowest BCUT2D eigenvalue weighted by atomic mass is 10.1. The molecule has 13 heavy (non-hydrogen) atoms. The number of aliphatic hydroxyl groups is 1. The topological polar surface area (TPSA) is 49.5 Å². The fourth-order valence-corrected chi connectivity index (χ4v) is 1.92. The third kappa shape index (κ3) is 4.60. The summed E-state index contributed by atoms with van der Waals surface area (Å²) in [5, 5.41) is 8.61. The van der Waals surface area contributed by atoms with E-state index in [1.165, 1.54) is 25.8 Å². The van der Waals surface area contributed by atoms with Crippen molar-refractivity contribution in [3.63, 3.8) is 0 Å². The molecule has 0 aliphatic carbocycles. The minimum Gasteiger partial charge on any atom is -0.396 e. The van der Waals surface area contributed by atoms with E-state index in [4.69, 9.17) is 10.8 Å². The summed E-state index contributed by atoms with van der Waals surface area (Å²) in [4.78, 5) is 2.45. The van der Waals surface area contributed by atoms with Crippen LogP contribution in [0, 0.1) is 0 Å². The highest BCUT2D eigenvalue weighted by Crippen LogP contribution is 2.09. The first kappa shape index (κ1) is 11.0. The molecule has 0 radical (unpaired) electrons. The highest BCUT2D eigenvalue weighted by molar-refractivity contribution is 4.74. The van der Waals surface area contributed by atoms with Crippen LogP contribution in [0.2, 0.25) is 0 Å². The molecule has 1 heterocycles. The standard InChI is InChI=1S/C10H22N2O/c11-10-5-4-7-12(9-10)6-2-1-3-8-13/h10,13H,1-9,11H2. The van der Waals surface area contributed by atoms with Gasteiger partial charge in [-0.3, -0.25) is 0 Å². The van der Waals surface area contributed by atoms with Gasteiger partial charge in [-0.05, 0) is 45.2 Å². The smallest absolute Gasteiger partial charge is 0.0431 e. The number of nitrogens with two attached hydrogens (primary N) is 1. The molecule has 3 N–H and O–H groups in total. The van der Waals surface area contributed by atoms with Crippen molar-refractivity contribution in [2.75, 3.05) is 26.2 Å². The molecule has 0 bridgehead atoms. The van der Waals surface area contributed by atoms with Crippen molar-refractivity contribution in [3.05, 3.63) is 0 Å². The van der Waals surface area contributed by atoms with Gasteiger partial charge in [-0.15, -0.1) is 0 Å². The van der Waals surface area contributed by atoms with Crippen molar-refractivity contribution in [1.82, 2.24) is 4.90 Å². The van der Waals surface area contributed by atoms with E-state index < -0.39 is 0 Å². The molecule has 0 aromatic rings. The predicted octanol–water partition coefficient (Wildman–Crippen LogP) is 0.572. The van der Waals surface area contributed by atoms with Crippen molar-refractivity contribution in [3.8, 4) is 0 Å². The van der Waals surface area contributed by atoms with Gasteiger partial charge in [-0.25, -0.2) is 0 Å². The Hall–Kier alpha value is -0.120. The van der Waals surface area contributed by atoms with Gasteiger partial charge in [0.1, 0.15) is 0 Å². The van der Waals surface area contributed by atoms with Crippen LogP contribution in [0.4, 0.5) is 0 Å². The molecule has 3 heteroatoms. The van der Waals surface area contributed by atoms with Crippen LogP contribution in [0.5, 0.6) is 0 Å². The van der Waals surface area contributed by atoms with Crippen LogP contribution in [0.15, 0.2) is 0 Å². The van der Waals surface area contributed by atoms with Crippen LogP contribution < -0.4 is 5.73 Å². The van der Waals surface area contributed by atoms with Crippen LogP contribution in [0.1, 0.15) is 32.1 Å². The van der Waals surface area contributed by atoms with Crippen molar-refractivity contribution in [2.24, 2.45) is 5.73 Å². The molecular weight excluding hydrogens is 164 g/mol. The number of nitrogens with zero attached hydrogens (tertiary/aromatic N) is 1. The minimum absolute atomic E-state index is 0.333. The van der Waals surface area contributed by atoms with Gasteiger partial charge >= 0.3 is 0 Å². The molecule has 1 atom stereocenters. The Morgan fingerprint density at radius 1 is 1.31 bits per heavy atom. The van der Waals surface area contributed by atoms with E-state index in [2.05, 4.69) is 4.90 Å². The molecule has 1 rings (SSSR count). The summed E-state index contributed by atoms with van der Waals surface area (Å²) < 4.78 is 0. The maximum Gasteiger partial charge on any atom is 0.0431 e. The van der Waals surface area contributed by atoms with Gasteiger partial charge in [0, 0.05) is 19.2 Å². The van der Waals surface area contributed by atoms with Crippen molar-refractivity contribution in [1.29, 1.82) is 0 Å². The van der Waals surface area contributed by atoms with Gasteiger partial charge in [0.2, 0.25) is 0 Å². The Balaban J connectivity index is 2.00. The Bertz CT molecular complexity index is 130. The second-order valence-electron chi connectivity index (χ2n) is 3.99. The van der Waals surface area contributed by atoms with Gasteiger partial charge in [0.05, 0.1) is 0 Å². The average molecular weight is 186 g/mol. The van der Waals surface area contributed by atoms with Crippen LogP contribution in [0.3, 0.4) is 0 Å². The molecule has 1 saturated heterocycles. The summed E-state index contributed by atoms with van der Waals surface area (Å²) in [6.45, 7) is 3.78. The zero-order chi connectivity index (χ0) is 9.52. The molecular formula is C10H22N2O. The Kier molecular flexibility index (Phi) is 5.35. The van der Waals surface area contributed by atoms with Crippen molar-refractivity contribution < 1.29 is 5.11 Å². The second kappa shape index (κ2) is 6.35. The van der Waals surface area contributed by atoms with Crippen LogP contribution >= 0.6 is 0 Å². The fraction of sp³-hybridized carbons (Fsp3) is 1.00. The van der Waals surface area contributed by atoms with Gasteiger partial charge in [-0.2, -0.15) is 0 Å². The van der Waals surface area contributed by atoms with E-state index in [-0.39, 0.29) is 0 Å². The quantitative estimate of drug-likeness (QED) is 0.617. The van der Waals surface area contributed by atoms with Gasteiger partial charge < -0.3 is 15.7 Å². The fourth-order valence-electron chi connectivity index (χ4n) is 1.92. The largest absolute Gasteiger partial charge is 0.396 e. The summed E-state index contributed by atoms with van der Waals surface area (Å²) in [5.74, 6) is 0. The van der Waals surface area contributed by atoms with Gasteiger partial charge in [0.15, 0.2) is 0 Å². The van der Waals surface area contributed by atoms with Crippen LogP contribution in [0.25, 0.3) is 0 Å². The van der Waals surface area contributed by atoms with Crippen LogP contribution in [-0.4, -0.2) is 42.3 Å². The summed E-state index contributed by atoms with van der Waals surface area (Å²) in [6.07, 6.45) is 5.73. The number of hydrogen-bond donors (Lipinski definition) is 2. The maximum atomic E-state index is 8.61. The monoisotopic (exact) mass is 186 g/mol. The van der Waals surface area contributed by atoms with E-state index in [1.54, 1.807) is 0 Å². The molecule has 78 valence electrons. The predicted molar refractivity (Wildman–Crippen MR) is 54.6 cm³/mol. The number of aliphatic hydroxyl groups excluding tert-OH is 1. The van der Waals surface area contributed by atoms with Crippen molar-refractivity contribution >= 4 is 0 Å². The van der Waals surface area contributed by atoms with Gasteiger partial charge in [0.25, 0.3) is 0 Å². The summed E-state index contributed by atoms with van der Waals surface area (Å²) >= 11 is 0. The van der Waals surface area contributed by atoms with E-state index >= 15 is 0 Å². The molecule has 0 aromatic carbocycles. The Morgan fingerprint density at radius 2 is 2.15 bits per heavy atom. The Morgan fingerprint density at radius 3 is 2.85 bits per heavy atom. The van der Waals surface area contributed by atoms with Gasteiger partial charge in [-0.1, -0.05) is 0 Å². The van der Waals surface area contributed by atoms with E-state index in [9.17, 15) is 0 Å². The summed E-state index contributed by atoms with van der Waals surface area (Å²) in [7, 11) is 0. The van der Waals surface area contributed by atoms with Crippen LogP contribution in [-0.2, 0) is 0 Å². The molecule has 1 fully saturated rings. The highest BCUT2D eigenvalue weighted by Gasteiger charge is 2.15. The lowest BCUT2D eigenvalue weighted by Crippen LogP contribution is -2.43. The number of piperidine rings is 1. The second-order valence-corrected chi connectivity index (χ2v) is 3.99. The van der Waals surface area contributed by atoms with E-state index in [0.29, 0.717) is 12.6 Å². The number of unbranched alkanes of at least 4 members (excludes halogenated alkanes) is 2. The van der Waals surface area contributed by atoms with E-state index in [1.807, 2.05) is 0 Å². The minimum atomic E-state index is 0.333. The zero-order valence-electron chi connectivity index (χ0n) is 8.41. The number of rotatable bonds is 5. The maximum absolute atomic E-state index is 8.61. The molecule has 1 aliphatic rings. The molecule has 1 unspecified atom stereocenters. The summed E-state index contributed by atoms with van der Waals surface area (Å²) in [6, 6.07) is 0.395. The first-order valence-corrected chi connectivity index (χ1v) is 5.41. The number of likely N-dealkylation sites (tertiary alicyclic amines) is 1. The number of hydrogen-bond acceptors (Lipinski definition) is 3. The summed E-state index contributed by atoms with van der Waals surface area (Å²) in [5.41, 5.74) is 5.87. The van der Waals surface area contributed by atoms with Crippen molar-refractivity contribution in [2.45, 2.75) is 38.1 Å². The lowest BCUT2D eigenvalue weighted by molar-refractivity contribution is 0.202.